The van der Waals surface area contributed by atoms with E-state index in [0.29, 0.717) is 12.4 Å². The van der Waals surface area contributed by atoms with Crippen LogP contribution in [0.2, 0.25) is 0 Å². The Bertz CT molecular complexity index is 525. The molecule has 0 radical (unpaired) electrons. The van der Waals surface area contributed by atoms with Gasteiger partial charge in [-0.15, -0.1) is 0 Å². The first-order valence-electron chi connectivity index (χ1n) is 8.14. The lowest BCUT2D eigenvalue weighted by atomic mass is 10.2. The van der Waals surface area contributed by atoms with E-state index in [9.17, 15) is 10.2 Å². The van der Waals surface area contributed by atoms with Gasteiger partial charge in [0.05, 0.1) is 17.9 Å². The number of hydrogen-bond donors (Lipinski definition) is 2. The molecule has 0 aliphatic carbocycles. The number of thioether (sulfide) groups is 1. The quantitative estimate of drug-likeness (QED) is 0.745. The Morgan fingerprint density at radius 3 is 2.22 bits per heavy atom. The average molecular weight is 340 g/mol. The summed E-state index contributed by atoms with van der Waals surface area (Å²) in [5.41, 5.74) is 2.33. The Kier molecular flexibility index (Phi) is 6.50. The molecule has 130 valence electrons. The fourth-order valence-electron chi connectivity index (χ4n) is 2.47. The van der Waals surface area contributed by atoms with Gasteiger partial charge in [0, 0.05) is 44.3 Å². The number of nitrogens with zero attached hydrogens (tertiary/aromatic N) is 4. The van der Waals surface area contributed by atoms with Crippen molar-refractivity contribution >= 4 is 23.5 Å². The molecule has 1 aromatic heterocycles. The lowest BCUT2D eigenvalue weighted by Crippen LogP contribution is -2.28. The van der Waals surface area contributed by atoms with Crippen molar-refractivity contribution in [3.63, 3.8) is 0 Å². The molecule has 1 aromatic rings. The average Bonchev–Trinajstić information content (AvgIpc) is 2.97. The minimum atomic E-state index is -0.324. The molecule has 2 atom stereocenters. The van der Waals surface area contributed by atoms with E-state index in [1.54, 1.807) is 6.92 Å². The SMILES string of the molecule is C[C@@H](O)CCN(C)c1nc2c(c(N(C)CC[C@@H](C)O)n1)CSC2. The maximum absolute atomic E-state index is 9.51. The van der Waals surface area contributed by atoms with Gasteiger partial charge in [0.15, 0.2) is 0 Å². The van der Waals surface area contributed by atoms with E-state index < -0.39 is 0 Å². The summed E-state index contributed by atoms with van der Waals surface area (Å²) in [7, 11) is 3.99. The molecule has 0 unspecified atom stereocenters. The Morgan fingerprint density at radius 2 is 1.61 bits per heavy atom. The molecule has 0 saturated heterocycles. The molecule has 23 heavy (non-hydrogen) atoms. The summed E-state index contributed by atoms with van der Waals surface area (Å²) in [6.45, 7) is 5.09. The molecule has 0 amide bonds. The first-order valence-corrected chi connectivity index (χ1v) is 9.30. The summed E-state index contributed by atoms with van der Waals surface area (Å²) in [4.78, 5) is 13.6. The van der Waals surface area contributed by atoms with E-state index in [1.807, 2.05) is 37.7 Å². The van der Waals surface area contributed by atoms with Crippen LogP contribution >= 0.6 is 11.8 Å². The molecular weight excluding hydrogens is 312 g/mol. The summed E-state index contributed by atoms with van der Waals surface area (Å²) in [5, 5.41) is 19.0. The Morgan fingerprint density at radius 1 is 1.00 bits per heavy atom. The smallest absolute Gasteiger partial charge is 0.227 e. The van der Waals surface area contributed by atoms with Gasteiger partial charge in [-0.2, -0.15) is 16.7 Å². The van der Waals surface area contributed by atoms with Gasteiger partial charge in [0.1, 0.15) is 5.82 Å². The van der Waals surface area contributed by atoms with Gasteiger partial charge in [-0.1, -0.05) is 0 Å². The van der Waals surface area contributed by atoms with E-state index in [4.69, 9.17) is 9.97 Å². The molecule has 2 rings (SSSR count). The van der Waals surface area contributed by atoms with Crippen molar-refractivity contribution in [3.8, 4) is 0 Å². The van der Waals surface area contributed by atoms with Gasteiger partial charge in [0.2, 0.25) is 5.95 Å². The normalized spacial score (nSPS) is 16.1. The van der Waals surface area contributed by atoms with E-state index in [0.717, 1.165) is 42.5 Å². The summed E-state index contributed by atoms with van der Waals surface area (Å²) >= 11 is 1.86. The van der Waals surface area contributed by atoms with Crippen LogP contribution in [-0.2, 0) is 11.5 Å². The van der Waals surface area contributed by atoms with Crippen molar-refractivity contribution in [1.82, 2.24) is 9.97 Å². The molecule has 0 bridgehead atoms. The van der Waals surface area contributed by atoms with E-state index in [2.05, 4.69) is 4.90 Å². The zero-order chi connectivity index (χ0) is 17.0. The second-order valence-electron chi connectivity index (χ2n) is 6.38. The monoisotopic (exact) mass is 340 g/mol. The molecule has 0 fully saturated rings. The maximum atomic E-state index is 9.51. The molecular formula is C16H28N4O2S. The number of aliphatic hydroxyl groups excluding tert-OH is 2. The second-order valence-corrected chi connectivity index (χ2v) is 7.37. The van der Waals surface area contributed by atoms with Crippen LogP contribution in [0.5, 0.6) is 0 Å². The van der Waals surface area contributed by atoms with Crippen LogP contribution in [0.25, 0.3) is 0 Å². The number of aromatic nitrogens is 2. The van der Waals surface area contributed by atoms with Crippen molar-refractivity contribution in [3.05, 3.63) is 11.3 Å². The third-order valence-electron chi connectivity index (χ3n) is 4.01. The van der Waals surface area contributed by atoms with Gasteiger partial charge in [0.25, 0.3) is 0 Å². The van der Waals surface area contributed by atoms with Crippen LogP contribution in [0.3, 0.4) is 0 Å². The highest BCUT2D eigenvalue weighted by Gasteiger charge is 2.23. The van der Waals surface area contributed by atoms with Crippen molar-refractivity contribution in [2.24, 2.45) is 0 Å². The number of fused-ring (bicyclic) bond motifs is 1. The van der Waals surface area contributed by atoms with Crippen LogP contribution in [0.15, 0.2) is 0 Å². The van der Waals surface area contributed by atoms with Crippen molar-refractivity contribution in [1.29, 1.82) is 0 Å². The molecule has 2 heterocycles. The van der Waals surface area contributed by atoms with Crippen molar-refractivity contribution in [2.75, 3.05) is 37.0 Å². The van der Waals surface area contributed by atoms with E-state index in [1.165, 1.54) is 5.56 Å². The molecule has 1 aliphatic rings. The lowest BCUT2D eigenvalue weighted by molar-refractivity contribution is 0.186. The molecule has 7 heteroatoms. The summed E-state index contributed by atoms with van der Waals surface area (Å²) < 4.78 is 0. The summed E-state index contributed by atoms with van der Waals surface area (Å²) in [6.07, 6.45) is 0.777. The highest BCUT2D eigenvalue weighted by atomic mass is 32.2. The predicted octanol–water partition coefficient (Wildman–Crippen LogP) is 1.64. The largest absolute Gasteiger partial charge is 0.393 e. The number of rotatable bonds is 8. The molecule has 0 spiro atoms. The Labute approximate surface area is 142 Å². The fourth-order valence-corrected chi connectivity index (χ4v) is 3.51. The van der Waals surface area contributed by atoms with Crippen LogP contribution in [0.1, 0.15) is 37.9 Å². The first-order chi connectivity index (χ1) is 10.9. The predicted molar refractivity (Wildman–Crippen MR) is 96.2 cm³/mol. The molecule has 0 saturated carbocycles. The van der Waals surface area contributed by atoms with E-state index >= 15 is 0 Å². The summed E-state index contributed by atoms with van der Waals surface area (Å²) in [6, 6.07) is 0. The van der Waals surface area contributed by atoms with Crippen LogP contribution in [0.4, 0.5) is 11.8 Å². The van der Waals surface area contributed by atoms with Crippen molar-refractivity contribution in [2.45, 2.75) is 50.4 Å². The fraction of sp³-hybridized carbons (Fsp3) is 0.750. The summed E-state index contributed by atoms with van der Waals surface area (Å²) in [5.74, 6) is 3.55. The van der Waals surface area contributed by atoms with Gasteiger partial charge in [-0.25, -0.2) is 4.98 Å². The van der Waals surface area contributed by atoms with Gasteiger partial charge >= 0.3 is 0 Å². The number of aliphatic hydroxyl groups is 2. The molecule has 0 aromatic carbocycles. The van der Waals surface area contributed by atoms with Crippen LogP contribution < -0.4 is 9.80 Å². The topological polar surface area (TPSA) is 72.7 Å². The molecule has 1 aliphatic heterocycles. The van der Waals surface area contributed by atoms with E-state index in [-0.39, 0.29) is 12.2 Å². The number of hydrogen-bond acceptors (Lipinski definition) is 7. The minimum Gasteiger partial charge on any atom is -0.393 e. The van der Waals surface area contributed by atoms with Crippen LogP contribution in [-0.4, -0.2) is 59.6 Å². The Hall–Kier alpha value is -1.05. The first kappa shape index (κ1) is 18.3. The van der Waals surface area contributed by atoms with Gasteiger partial charge < -0.3 is 20.0 Å². The van der Waals surface area contributed by atoms with Gasteiger partial charge in [-0.3, -0.25) is 0 Å². The third-order valence-corrected chi connectivity index (χ3v) is 4.98. The standard InChI is InChI=1S/C16H28N4O2S/c1-11(21)5-7-19(3)15-13-9-23-10-14(13)17-16(18-15)20(4)8-6-12(2)22/h11-12,21-22H,5-10H2,1-4H3/t11-,12-/m1/s1. The highest BCUT2D eigenvalue weighted by Crippen LogP contribution is 2.35. The molecule has 6 nitrogen and oxygen atoms in total. The zero-order valence-corrected chi connectivity index (χ0v) is 15.3. The minimum absolute atomic E-state index is 0.310. The Balaban J connectivity index is 2.20. The second kappa shape index (κ2) is 8.17. The maximum Gasteiger partial charge on any atom is 0.227 e. The number of anilines is 2. The van der Waals surface area contributed by atoms with Crippen molar-refractivity contribution < 1.29 is 10.2 Å². The van der Waals surface area contributed by atoms with Gasteiger partial charge in [-0.05, 0) is 26.7 Å². The van der Waals surface area contributed by atoms with Crippen LogP contribution in [0, 0.1) is 0 Å². The molecule has 2 N–H and O–H groups in total. The zero-order valence-electron chi connectivity index (χ0n) is 14.5. The lowest BCUT2D eigenvalue weighted by Gasteiger charge is -2.24. The highest BCUT2D eigenvalue weighted by molar-refractivity contribution is 7.98. The third kappa shape index (κ3) is 4.96.